The highest BCUT2D eigenvalue weighted by atomic mass is 79.9. The number of amides is 1. The van der Waals surface area contributed by atoms with E-state index in [1.165, 1.54) is 17.1 Å². The van der Waals surface area contributed by atoms with Crippen LogP contribution in [0.3, 0.4) is 0 Å². The van der Waals surface area contributed by atoms with E-state index < -0.39 is 0 Å². The average molecular weight is 289 g/mol. The number of aryl methyl sites for hydroxylation is 1. The predicted molar refractivity (Wildman–Crippen MR) is 62.4 cm³/mol. The van der Waals surface area contributed by atoms with Crippen molar-refractivity contribution in [3.05, 3.63) is 27.4 Å². The van der Waals surface area contributed by atoms with Crippen molar-refractivity contribution in [1.29, 1.82) is 0 Å². The van der Waals surface area contributed by atoms with Gasteiger partial charge < -0.3 is 0 Å². The molecule has 0 atom stereocenters. The molecule has 0 aromatic carbocycles. The minimum Gasteiger partial charge on any atom is -0.298 e. The van der Waals surface area contributed by atoms with Gasteiger partial charge in [-0.15, -0.1) is 0 Å². The summed E-state index contributed by atoms with van der Waals surface area (Å²) in [7, 11) is 0. The molecular formula is C9H13BrN4O2. The quantitative estimate of drug-likeness (QED) is 0.350. The molecule has 0 bridgehead atoms. The standard InChI is InChI=1S/C9H13BrN4O2/c10-7-5-12-6-14(9(7)16)4-2-1-3-8(15)13-11/h5-6H,1-4,11H2,(H,13,15). The monoisotopic (exact) mass is 288 g/mol. The summed E-state index contributed by atoms with van der Waals surface area (Å²) in [5.74, 6) is 4.74. The van der Waals surface area contributed by atoms with E-state index in [2.05, 4.69) is 26.3 Å². The fourth-order valence-corrected chi connectivity index (χ4v) is 1.57. The van der Waals surface area contributed by atoms with Crippen molar-refractivity contribution >= 4 is 21.8 Å². The van der Waals surface area contributed by atoms with Gasteiger partial charge in [-0.3, -0.25) is 19.6 Å². The van der Waals surface area contributed by atoms with Gasteiger partial charge in [0.05, 0.1) is 6.33 Å². The molecule has 0 unspecified atom stereocenters. The topological polar surface area (TPSA) is 90.0 Å². The lowest BCUT2D eigenvalue weighted by molar-refractivity contribution is -0.121. The molecular weight excluding hydrogens is 276 g/mol. The van der Waals surface area contributed by atoms with Crippen molar-refractivity contribution in [1.82, 2.24) is 15.0 Å². The highest BCUT2D eigenvalue weighted by molar-refractivity contribution is 9.10. The SMILES string of the molecule is NNC(=O)CCCCn1cncc(Br)c1=O. The minimum absolute atomic E-state index is 0.113. The highest BCUT2D eigenvalue weighted by Gasteiger charge is 2.01. The Kier molecular flexibility index (Phi) is 5.13. The van der Waals surface area contributed by atoms with Crippen molar-refractivity contribution in [2.24, 2.45) is 5.84 Å². The maximum absolute atomic E-state index is 11.5. The second-order valence-corrected chi connectivity index (χ2v) is 4.12. The van der Waals surface area contributed by atoms with Crippen LogP contribution in [0.5, 0.6) is 0 Å². The number of carbonyl (C=O) groups excluding carboxylic acids is 1. The molecule has 7 heteroatoms. The number of nitrogens with two attached hydrogens (primary N) is 1. The largest absolute Gasteiger partial charge is 0.298 e. The number of hydrazine groups is 1. The molecule has 88 valence electrons. The van der Waals surface area contributed by atoms with Crippen LogP contribution in [0.4, 0.5) is 0 Å². The van der Waals surface area contributed by atoms with Gasteiger partial charge in [0.2, 0.25) is 5.91 Å². The second-order valence-electron chi connectivity index (χ2n) is 3.26. The molecule has 0 saturated carbocycles. The zero-order chi connectivity index (χ0) is 12.0. The maximum atomic E-state index is 11.5. The first kappa shape index (κ1) is 12.9. The van der Waals surface area contributed by atoms with Gasteiger partial charge in [0.25, 0.3) is 5.56 Å². The molecule has 0 fully saturated rings. The number of unbranched alkanes of at least 4 members (excludes halogenated alkanes) is 1. The van der Waals surface area contributed by atoms with Gasteiger partial charge in [0.1, 0.15) is 4.47 Å². The van der Waals surface area contributed by atoms with Crippen LogP contribution in [-0.4, -0.2) is 15.5 Å². The van der Waals surface area contributed by atoms with Crippen LogP contribution in [-0.2, 0) is 11.3 Å². The first-order valence-electron chi connectivity index (χ1n) is 4.84. The van der Waals surface area contributed by atoms with Gasteiger partial charge in [-0.1, -0.05) is 0 Å². The predicted octanol–water partition coefficient (Wildman–Crippen LogP) is 0.166. The molecule has 0 aliphatic rings. The van der Waals surface area contributed by atoms with Crippen LogP contribution in [0, 0.1) is 0 Å². The summed E-state index contributed by atoms with van der Waals surface area (Å²) in [6.07, 6.45) is 4.72. The lowest BCUT2D eigenvalue weighted by Gasteiger charge is -2.04. The van der Waals surface area contributed by atoms with Gasteiger partial charge in [-0.05, 0) is 28.8 Å². The maximum Gasteiger partial charge on any atom is 0.267 e. The van der Waals surface area contributed by atoms with Gasteiger partial charge in [0, 0.05) is 19.2 Å². The Hall–Kier alpha value is -1.21. The number of rotatable bonds is 5. The number of nitrogens with zero attached hydrogens (tertiary/aromatic N) is 2. The van der Waals surface area contributed by atoms with E-state index in [1.807, 2.05) is 0 Å². The summed E-state index contributed by atoms with van der Waals surface area (Å²) in [5.41, 5.74) is 1.94. The van der Waals surface area contributed by atoms with Crippen LogP contribution >= 0.6 is 15.9 Å². The third-order valence-corrected chi connectivity index (χ3v) is 2.62. The first-order chi connectivity index (χ1) is 7.65. The van der Waals surface area contributed by atoms with Crippen LogP contribution in [0.1, 0.15) is 19.3 Å². The first-order valence-corrected chi connectivity index (χ1v) is 5.64. The fourth-order valence-electron chi connectivity index (χ4n) is 1.22. The Morgan fingerprint density at radius 1 is 1.56 bits per heavy atom. The van der Waals surface area contributed by atoms with Crippen molar-refractivity contribution < 1.29 is 4.79 Å². The number of carbonyl (C=O) groups is 1. The van der Waals surface area contributed by atoms with E-state index in [0.29, 0.717) is 23.9 Å². The average Bonchev–Trinajstić information content (AvgIpc) is 2.29. The molecule has 0 aliphatic carbocycles. The molecule has 3 N–H and O–H groups in total. The summed E-state index contributed by atoms with van der Waals surface area (Å²) in [6.45, 7) is 0.545. The number of hydrogen-bond donors (Lipinski definition) is 2. The Balaban J connectivity index is 2.41. The molecule has 6 nitrogen and oxygen atoms in total. The Morgan fingerprint density at radius 3 is 3.00 bits per heavy atom. The van der Waals surface area contributed by atoms with Gasteiger partial charge in [0.15, 0.2) is 0 Å². The Morgan fingerprint density at radius 2 is 2.31 bits per heavy atom. The molecule has 0 saturated heterocycles. The van der Waals surface area contributed by atoms with Crippen LogP contribution in [0.2, 0.25) is 0 Å². The third-order valence-electron chi connectivity index (χ3n) is 2.07. The summed E-state index contributed by atoms with van der Waals surface area (Å²) in [4.78, 5) is 26.2. The van der Waals surface area contributed by atoms with Crippen LogP contribution in [0.15, 0.2) is 21.8 Å². The summed E-state index contributed by atoms with van der Waals surface area (Å²) >= 11 is 3.11. The molecule has 1 amide bonds. The summed E-state index contributed by atoms with van der Waals surface area (Å²) in [5, 5.41) is 0. The second kappa shape index (κ2) is 6.39. The normalized spacial score (nSPS) is 10.1. The van der Waals surface area contributed by atoms with Crippen LogP contribution in [0.25, 0.3) is 0 Å². The van der Waals surface area contributed by atoms with E-state index in [9.17, 15) is 9.59 Å². The zero-order valence-electron chi connectivity index (χ0n) is 8.65. The third kappa shape index (κ3) is 3.74. The Labute approximate surface area is 101 Å². The Bertz CT molecular complexity index is 418. The smallest absolute Gasteiger partial charge is 0.267 e. The van der Waals surface area contributed by atoms with E-state index in [0.717, 1.165) is 6.42 Å². The van der Waals surface area contributed by atoms with Crippen molar-refractivity contribution in [2.75, 3.05) is 0 Å². The van der Waals surface area contributed by atoms with E-state index in [1.54, 1.807) is 0 Å². The number of hydrogen-bond acceptors (Lipinski definition) is 4. The molecule has 16 heavy (non-hydrogen) atoms. The molecule has 1 heterocycles. The van der Waals surface area contributed by atoms with E-state index in [4.69, 9.17) is 5.84 Å². The number of aromatic nitrogens is 2. The van der Waals surface area contributed by atoms with Gasteiger partial charge in [-0.2, -0.15) is 0 Å². The molecule has 1 rings (SSSR count). The van der Waals surface area contributed by atoms with Crippen molar-refractivity contribution in [2.45, 2.75) is 25.8 Å². The minimum atomic E-state index is -0.195. The summed E-state index contributed by atoms with van der Waals surface area (Å²) in [6, 6.07) is 0. The fraction of sp³-hybridized carbons (Fsp3) is 0.444. The highest BCUT2D eigenvalue weighted by Crippen LogP contribution is 2.01. The lowest BCUT2D eigenvalue weighted by Crippen LogP contribution is -2.29. The molecule has 0 radical (unpaired) electrons. The molecule has 1 aromatic heterocycles. The van der Waals surface area contributed by atoms with Gasteiger partial charge >= 0.3 is 0 Å². The summed E-state index contributed by atoms with van der Waals surface area (Å²) < 4.78 is 1.94. The molecule has 0 spiro atoms. The van der Waals surface area contributed by atoms with Crippen molar-refractivity contribution in [3.8, 4) is 0 Å². The van der Waals surface area contributed by atoms with E-state index >= 15 is 0 Å². The molecule has 1 aromatic rings. The zero-order valence-corrected chi connectivity index (χ0v) is 10.2. The van der Waals surface area contributed by atoms with Gasteiger partial charge in [-0.25, -0.2) is 10.8 Å². The van der Waals surface area contributed by atoms with E-state index in [-0.39, 0.29) is 11.5 Å². The van der Waals surface area contributed by atoms with Crippen LogP contribution < -0.4 is 16.8 Å². The number of nitrogens with one attached hydrogen (secondary N) is 1. The number of halogens is 1. The molecule has 0 aliphatic heterocycles. The lowest BCUT2D eigenvalue weighted by atomic mass is 10.2. The van der Waals surface area contributed by atoms with Crippen molar-refractivity contribution in [3.63, 3.8) is 0 Å².